The molecule has 1 heterocycles. The maximum Gasteiger partial charge on any atom is 0.181 e. The molecule has 0 aliphatic carbocycles. The van der Waals surface area contributed by atoms with Gasteiger partial charge in [-0.1, -0.05) is 20.8 Å². The number of aryl methyl sites for hydroxylation is 1. The van der Waals surface area contributed by atoms with E-state index in [-0.39, 0.29) is 0 Å². The molecular weight excluding hydrogens is 176 g/mol. The van der Waals surface area contributed by atoms with Crippen LogP contribution in [-0.4, -0.2) is 11.5 Å². The van der Waals surface area contributed by atoms with Crippen molar-refractivity contribution in [2.45, 2.75) is 40.2 Å². The minimum Gasteiger partial charge on any atom is -0.448 e. The van der Waals surface area contributed by atoms with E-state index < -0.39 is 0 Å². The second-order valence-electron chi connectivity index (χ2n) is 4.00. The molecule has 0 unspecified atom stereocenters. The van der Waals surface area contributed by atoms with E-state index in [2.05, 4.69) is 31.1 Å². The van der Waals surface area contributed by atoms with Gasteiger partial charge in [0.05, 0.1) is 5.69 Å². The summed E-state index contributed by atoms with van der Waals surface area (Å²) in [6.45, 7) is 8.39. The highest BCUT2D eigenvalue weighted by Gasteiger charge is 2.06. The second-order valence-corrected chi connectivity index (χ2v) is 4.00. The molecule has 1 aromatic heterocycles. The van der Waals surface area contributed by atoms with Gasteiger partial charge in [-0.2, -0.15) is 0 Å². The van der Waals surface area contributed by atoms with Crippen LogP contribution in [0.3, 0.4) is 0 Å². The number of hydrogen-bond donors (Lipinski definition) is 1. The van der Waals surface area contributed by atoms with Crippen molar-refractivity contribution in [3.63, 3.8) is 0 Å². The first-order valence-electron chi connectivity index (χ1n) is 5.36. The van der Waals surface area contributed by atoms with E-state index >= 15 is 0 Å². The van der Waals surface area contributed by atoms with E-state index in [0.29, 0.717) is 5.92 Å². The molecular formula is C11H20N2O. The fourth-order valence-electron chi connectivity index (χ4n) is 1.35. The molecule has 0 bridgehead atoms. The fraction of sp³-hybridized carbons (Fsp3) is 0.727. The van der Waals surface area contributed by atoms with Gasteiger partial charge in [0.2, 0.25) is 0 Å². The number of rotatable bonds is 6. The Bertz CT molecular complexity index is 256. The van der Waals surface area contributed by atoms with Crippen molar-refractivity contribution < 1.29 is 4.42 Å². The molecule has 14 heavy (non-hydrogen) atoms. The maximum absolute atomic E-state index is 5.31. The van der Waals surface area contributed by atoms with E-state index in [1.807, 2.05) is 0 Å². The van der Waals surface area contributed by atoms with Crippen LogP contribution in [0.2, 0.25) is 0 Å². The van der Waals surface area contributed by atoms with E-state index in [0.717, 1.165) is 37.4 Å². The SMILES string of the molecule is CCCc1ocnc1CNCC(C)C. The lowest BCUT2D eigenvalue weighted by Crippen LogP contribution is -2.19. The first-order chi connectivity index (χ1) is 6.74. The summed E-state index contributed by atoms with van der Waals surface area (Å²) in [5.41, 5.74) is 1.06. The van der Waals surface area contributed by atoms with E-state index in [1.165, 1.54) is 6.39 Å². The Morgan fingerprint density at radius 2 is 2.29 bits per heavy atom. The molecule has 0 saturated carbocycles. The zero-order valence-corrected chi connectivity index (χ0v) is 9.34. The highest BCUT2D eigenvalue weighted by Crippen LogP contribution is 2.08. The highest BCUT2D eigenvalue weighted by atomic mass is 16.3. The molecule has 3 nitrogen and oxygen atoms in total. The number of oxazole rings is 1. The molecule has 3 heteroatoms. The molecule has 1 N–H and O–H groups in total. The van der Waals surface area contributed by atoms with Crippen molar-refractivity contribution in [2.75, 3.05) is 6.54 Å². The van der Waals surface area contributed by atoms with Gasteiger partial charge in [-0.15, -0.1) is 0 Å². The van der Waals surface area contributed by atoms with E-state index in [4.69, 9.17) is 4.42 Å². The van der Waals surface area contributed by atoms with Gasteiger partial charge in [0.25, 0.3) is 0 Å². The molecule has 0 aliphatic heterocycles. The van der Waals surface area contributed by atoms with Crippen molar-refractivity contribution in [3.8, 4) is 0 Å². The van der Waals surface area contributed by atoms with Crippen LogP contribution in [0, 0.1) is 5.92 Å². The third kappa shape index (κ3) is 3.50. The summed E-state index contributed by atoms with van der Waals surface area (Å²) in [5, 5.41) is 3.36. The minimum absolute atomic E-state index is 0.677. The lowest BCUT2D eigenvalue weighted by molar-refractivity contribution is 0.492. The lowest BCUT2D eigenvalue weighted by atomic mass is 10.2. The average molecular weight is 196 g/mol. The van der Waals surface area contributed by atoms with Crippen LogP contribution in [0.1, 0.15) is 38.6 Å². The summed E-state index contributed by atoms with van der Waals surface area (Å²) in [5.74, 6) is 1.71. The van der Waals surface area contributed by atoms with Gasteiger partial charge in [0, 0.05) is 13.0 Å². The first-order valence-corrected chi connectivity index (χ1v) is 5.36. The van der Waals surface area contributed by atoms with Crippen molar-refractivity contribution in [1.29, 1.82) is 0 Å². The Morgan fingerprint density at radius 3 is 2.93 bits per heavy atom. The molecule has 0 radical (unpaired) electrons. The van der Waals surface area contributed by atoms with Crippen LogP contribution in [0.4, 0.5) is 0 Å². The van der Waals surface area contributed by atoms with Crippen molar-refractivity contribution in [1.82, 2.24) is 10.3 Å². The van der Waals surface area contributed by atoms with Crippen LogP contribution in [0.25, 0.3) is 0 Å². The fourth-order valence-corrected chi connectivity index (χ4v) is 1.35. The molecule has 0 saturated heterocycles. The maximum atomic E-state index is 5.31. The van der Waals surface area contributed by atoms with Crippen LogP contribution in [0.5, 0.6) is 0 Å². The van der Waals surface area contributed by atoms with E-state index in [1.54, 1.807) is 0 Å². The van der Waals surface area contributed by atoms with Crippen LogP contribution >= 0.6 is 0 Å². The van der Waals surface area contributed by atoms with Crippen LogP contribution in [0.15, 0.2) is 10.8 Å². The Labute approximate surface area is 85.9 Å². The average Bonchev–Trinajstić information content (AvgIpc) is 2.53. The molecule has 0 atom stereocenters. The first kappa shape index (κ1) is 11.2. The monoisotopic (exact) mass is 196 g/mol. The quantitative estimate of drug-likeness (QED) is 0.759. The summed E-state index contributed by atoms with van der Waals surface area (Å²) in [6, 6.07) is 0. The number of nitrogens with one attached hydrogen (secondary N) is 1. The smallest absolute Gasteiger partial charge is 0.181 e. The van der Waals surface area contributed by atoms with E-state index in [9.17, 15) is 0 Å². The molecule has 0 amide bonds. The zero-order valence-electron chi connectivity index (χ0n) is 9.34. The lowest BCUT2D eigenvalue weighted by Gasteiger charge is -2.05. The molecule has 1 rings (SSSR count). The molecule has 0 fully saturated rings. The number of aromatic nitrogens is 1. The highest BCUT2D eigenvalue weighted by molar-refractivity contribution is 5.06. The summed E-state index contributed by atoms with van der Waals surface area (Å²) in [7, 11) is 0. The van der Waals surface area contributed by atoms with Gasteiger partial charge in [0.15, 0.2) is 6.39 Å². The molecule has 1 aromatic rings. The Balaban J connectivity index is 2.37. The predicted octanol–water partition coefficient (Wildman–Crippen LogP) is 2.37. The summed E-state index contributed by atoms with van der Waals surface area (Å²) < 4.78 is 5.31. The normalized spacial score (nSPS) is 11.1. The summed E-state index contributed by atoms with van der Waals surface area (Å²) in [4.78, 5) is 4.20. The standard InChI is InChI=1S/C11H20N2O/c1-4-5-11-10(13-8-14-11)7-12-6-9(2)3/h8-9,12H,4-7H2,1-3H3. The Hall–Kier alpha value is -0.830. The number of hydrogen-bond acceptors (Lipinski definition) is 3. The minimum atomic E-state index is 0.677. The van der Waals surface area contributed by atoms with Gasteiger partial charge in [-0.25, -0.2) is 4.98 Å². The number of nitrogens with zero attached hydrogens (tertiary/aromatic N) is 1. The predicted molar refractivity (Wildman–Crippen MR) is 57.0 cm³/mol. The second kappa shape index (κ2) is 5.81. The largest absolute Gasteiger partial charge is 0.448 e. The van der Waals surface area contributed by atoms with Gasteiger partial charge in [-0.3, -0.25) is 0 Å². The zero-order chi connectivity index (χ0) is 10.4. The van der Waals surface area contributed by atoms with Gasteiger partial charge >= 0.3 is 0 Å². The van der Waals surface area contributed by atoms with Crippen LogP contribution in [-0.2, 0) is 13.0 Å². The third-order valence-electron chi connectivity index (χ3n) is 2.05. The summed E-state index contributed by atoms with van der Waals surface area (Å²) >= 11 is 0. The van der Waals surface area contributed by atoms with Gasteiger partial charge in [-0.05, 0) is 18.9 Å². The van der Waals surface area contributed by atoms with Crippen molar-refractivity contribution in [3.05, 3.63) is 17.8 Å². The van der Waals surface area contributed by atoms with Crippen LogP contribution < -0.4 is 5.32 Å². The van der Waals surface area contributed by atoms with Gasteiger partial charge in [0.1, 0.15) is 5.76 Å². The van der Waals surface area contributed by atoms with Crippen molar-refractivity contribution >= 4 is 0 Å². The topological polar surface area (TPSA) is 38.1 Å². The molecule has 0 aromatic carbocycles. The summed E-state index contributed by atoms with van der Waals surface area (Å²) in [6.07, 6.45) is 3.63. The Morgan fingerprint density at radius 1 is 1.50 bits per heavy atom. The third-order valence-corrected chi connectivity index (χ3v) is 2.05. The molecule has 80 valence electrons. The van der Waals surface area contributed by atoms with Gasteiger partial charge < -0.3 is 9.73 Å². The van der Waals surface area contributed by atoms with Crippen molar-refractivity contribution in [2.24, 2.45) is 5.92 Å². The molecule has 0 spiro atoms. The Kier molecular flexibility index (Phi) is 4.66. The molecule has 0 aliphatic rings.